The molecule has 0 heterocycles. The van der Waals surface area contributed by atoms with E-state index in [0.29, 0.717) is 5.92 Å². The Morgan fingerprint density at radius 2 is 2.14 bits per heavy atom. The lowest BCUT2D eigenvalue weighted by molar-refractivity contribution is -0.137. The van der Waals surface area contributed by atoms with Gasteiger partial charge in [0.2, 0.25) is 0 Å². The number of carbonyl (C=O) groups excluding carboxylic acids is 1. The second kappa shape index (κ2) is 4.16. The van der Waals surface area contributed by atoms with Gasteiger partial charge in [-0.3, -0.25) is 4.79 Å². The maximum atomic E-state index is 10.8. The van der Waals surface area contributed by atoms with Gasteiger partial charge in [-0.05, 0) is 37.2 Å². The number of esters is 1. The Kier molecular flexibility index (Phi) is 2.90. The summed E-state index contributed by atoms with van der Waals surface area (Å²) in [6.07, 6.45) is 9.76. The smallest absolute Gasteiger partial charge is 0.307 e. The van der Waals surface area contributed by atoms with Gasteiger partial charge in [0, 0.05) is 13.3 Å². The van der Waals surface area contributed by atoms with Crippen LogP contribution in [0.15, 0.2) is 11.8 Å². The topological polar surface area (TPSA) is 26.3 Å². The van der Waals surface area contributed by atoms with Gasteiger partial charge in [0.05, 0.1) is 0 Å². The molecule has 0 aromatic carbocycles. The van der Waals surface area contributed by atoms with Crippen LogP contribution in [0.25, 0.3) is 0 Å². The van der Waals surface area contributed by atoms with Crippen LogP contribution in [0.5, 0.6) is 0 Å². The van der Waals surface area contributed by atoms with E-state index in [2.05, 4.69) is 6.08 Å². The highest BCUT2D eigenvalue weighted by molar-refractivity contribution is 5.67. The molecule has 2 aliphatic rings. The third-order valence-corrected chi connectivity index (χ3v) is 3.40. The molecule has 2 aliphatic carbocycles. The van der Waals surface area contributed by atoms with Crippen molar-refractivity contribution in [2.45, 2.75) is 45.4 Å². The molecule has 0 spiro atoms. The second-order valence-corrected chi connectivity index (χ2v) is 4.47. The molecule has 0 amide bonds. The summed E-state index contributed by atoms with van der Waals surface area (Å²) in [5.74, 6) is 2.29. The molecule has 0 N–H and O–H groups in total. The zero-order valence-corrected chi connectivity index (χ0v) is 8.79. The lowest BCUT2D eigenvalue weighted by Gasteiger charge is -2.33. The van der Waals surface area contributed by atoms with Gasteiger partial charge < -0.3 is 4.74 Å². The third-order valence-electron chi connectivity index (χ3n) is 3.40. The minimum absolute atomic E-state index is 0.175. The monoisotopic (exact) mass is 194 g/mol. The van der Waals surface area contributed by atoms with E-state index in [1.54, 1.807) is 0 Å². The van der Waals surface area contributed by atoms with Gasteiger partial charge in [-0.25, -0.2) is 0 Å². The highest BCUT2D eigenvalue weighted by Gasteiger charge is 2.28. The van der Waals surface area contributed by atoms with E-state index in [1.165, 1.54) is 39.0 Å². The summed E-state index contributed by atoms with van der Waals surface area (Å²) in [5.41, 5.74) is 0. The summed E-state index contributed by atoms with van der Waals surface area (Å²) in [6.45, 7) is 1.48. The highest BCUT2D eigenvalue weighted by atomic mass is 16.5. The Morgan fingerprint density at radius 1 is 1.36 bits per heavy atom. The van der Waals surface area contributed by atoms with Crippen LogP contribution >= 0.6 is 0 Å². The van der Waals surface area contributed by atoms with Crippen LogP contribution in [-0.2, 0) is 9.53 Å². The fraction of sp³-hybridized carbons (Fsp3) is 0.750. The van der Waals surface area contributed by atoms with Crippen molar-refractivity contribution >= 4 is 5.97 Å². The van der Waals surface area contributed by atoms with E-state index in [9.17, 15) is 4.79 Å². The summed E-state index contributed by atoms with van der Waals surface area (Å²) in [7, 11) is 0. The van der Waals surface area contributed by atoms with Crippen molar-refractivity contribution in [3.63, 3.8) is 0 Å². The lowest BCUT2D eigenvalue weighted by Crippen LogP contribution is -2.22. The van der Waals surface area contributed by atoms with Gasteiger partial charge in [-0.15, -0.1) is 0 Å². The normalized spacial score (nSPS) is 31.6. The summed E-state index contributed by atoms with van der Waals surface area (Å²) in [6, 6.07) is 0. The van der Waals surface area contributed by atoms with Gasteiger partial charge in [0.15, 0.2) is 0 Å². The fourth-order valence-electron chi connectivity index (χ4n) is 2.73. The maximum Gasteiger partial charge on any atom is 0.307 e. The third kappa shape index (κ3) is 2.17. The quantitative estimate of drug-likeness (QED) is 0.600. The number of rotatable bonds is 1. The summed E-state index contributed by atoms with van der Waals surface area (Å²) < 4.78 is 5.16. The van der Waals surface area contributed by atoms with Crippen LogP contribution in [0.4, 0.5) is 0 Å². The average Bonchev–Trinajstić information content (AvgIpc) is 2.17. The zero-order chi connectivity index (χ0) is 9.97. The first kappa shape index (κ1) is 9.75. The minimum Gasteiger partial charge on any atom is -0.432 e. The number of hydrogen-bond acceptors (Lipinski definition) is 2. The molecule has 0 aromatic rings. The van der Waals surface area contributed by atoms with Gasteiger partial charge >= 0.3 is 5.97 Å². The van der Waals surface area contributed by atoms with Crippen LogP contribution < -0.4 is 0 Å². The van der Waals surface area contributed by atoms with E-state index >= 15 is 0 Å². The molecule has 2 rings (SSSR count). The van der Waals surface area contributed by atoms with Gasteiger partial charge in [-0.1, -0.05) is 12.8 Å². The molecule has 1 fully saturated rings. The molecule has 78 valence electrons. The molecule has 0 bridgehead atoms. The molecule has 0 aliphatic heterocycles. The van der Waals surface area contributed by atoms with E-state index in [1.807, 2.05) is 0 Å². The summed E-state index contributed by atoms with van der Waals surface area (Å²) >= 11 is 0. The van der Waals surface area contributed by atoms with Gasteiger partial charge in [0.1, 0.15) is 5.76 Å². The molecule has 14 heavy (non-hydrogen) atoms. The van der Waals surface area contributed by atoms with Crippen molar-refractivity contribution in [1.82, 2.24) is 0 Å². The van der Waals surface area contributed by atoms with Crippen LogP contribution in [0.3, 0.4) is 0 Å². The van der Waals surface area contributed by atoms with Gasteiger partial charge in [0.25, 0.3) is 0 Å². The molecule has 0 unspecified atom stereocenters. The highest BCUT2D eigenvalue weighted by Crippen LogP contribution is 2.39. The number of carbonyl (C=O) groups is 1. The molecule has 2 nitrogen and oxygen atoms in total. The van der Waals surface area contributed by atoms with E-state index in [0.717, 1.165) is 18.1 Å². The molecule has 2 atom stereocenters. The van der Waals surface area contributed by atoms with Crippen molar-refractivity contribution < 1.29 is 9.53 Å². The van der Waals surface area contributed by atoms with Crippen molar-refractivity contribution in [3.05, 3.63) is 11.8 Å². The molecule has 1 saturated carbocycles. The first-order valence-electron chi connectivity index (χ1n) is 5.65. The summed E-state index contributed by atoms with van der Waals surface area (Å²) in [5, 5.41) is 0. The van der Waals surface area contributed by atoms with Crippen LogP contribution in [0, 0.1) is 11.8 Å². The molecular formula is C12H18O2. The Hall–Kier alpha value is -0.790. The van der Waals surface area contributed by atoms with Crippen LogP contribution in [0.2, 0.25) is 0 Å². The fourth-order valence-corrected chi connectivity index (χ4v) is 2.73. The zero-order valence-electron chi connectivity index (χ0n) is 8.79. The molecule has 0 saturated heterocycles. The van der Waals surface area contributed by atoms with Crippen molar-refractivity contribution in [2.75, 3.05) is 0 Å². The molecule has 0 radical (unpaired) electrons. The Labute approximate surface area is 85.3 Å². The number of ether oxygens (including phenoxy) is 1. The summed E-state index contributed by atoms with van der Waals surface area (Å²) in [4.78, 5) is 10.8. The molecule has 2 heteroatoms. The first-order chi connectivity index (χ1) is 6.75. The number of hydrogen-bond donors (Lipinski definition) is 0. The van der Waals surface area contributed by atoms with Crippen LogP contribution in [0.1, 0.15) is 45.4 Å². The Balaban J connectivity index is 2.00. The standard InChI is InChI=1S/C12H18O2/c1-9(13)14-12-7-6-10-4-2-3-5-11(10)8-12/h8,10-11H,2-7H2,1H3/t10-,11-/m1/s1. The minimum atomic E-state index is -0.175. The molecule has 0 aromatic heterocycles. The lowest BCUT2D eigenvalue weighted by atomic mass is 9.74. The predicted molar refractivity (Wildman–Crippen MR) is 54.5 cm³/mol. The SMILES string of the molecule is CC(=O)OC1=C[C@H]2CCCC[C@@H]2CC1. The van der Waals surface area contributed by atoms with E-state index < -0.39 is 0 Å². The van der Waals surface area contributed by atoms with Crippen molar-refractivity contribution in [3.8, 4) is 0 Å². The van der Waals surface area contributed by atoms with Gasteiger partial charge in [-0.2, -0.15) is 0 Å². The molecular weight excluding hydrogens is 176 g/mol. The van der Waals surface area contributed by atoms with Crippen molar-refractivity contribution in [2.24, 2.45) is 11.8 Å². The van der Waals surface area contributed by atoms with E-state index in [4.69, 9.17) is 4.74 Å². The largest absolute Gasteiger partial charge is 0.432 e. The average molecular weight is 194 g/mol. The van der Waals surface area contributed by atoms with Crippen molar-refractivity contribution in [1.29, 1.82) is 0 Å². The predicted octanol–water partition coefficient (Wildman–Crippen LogP) is 3.03. The van der Waals surface area contributed by atoms with E-state index in [-0.39, 0.29) is 5.97 Å². The second-order valence-electron chi connectivity index (χ2n) is 4.47. The Bertz CT molecular complexity index is 255. The maximum absolute atomic E-state index is 10.8. The Morgan fingerprint density at radius 3 is 2.93 bits per heavy atom. The number of allylic oxidation sites excluding steroid dienone is 2. The number of fused-ring (bicyclic) bond motifs is 1. The van der Waals surface area contributed by atoms with Crippen LogP contribution in [-0.4, -0.2) is 5.97 Å². The first-order valence-corrected chi connectivity index (χ1v) is 5.65.